The van der Waals surface area contributed by atoms with Crippen LogP contribution in [0.25, 0.3) is 11.1 Å². The summed E-state index contributed by atoms with van der Waals surface area (Å²) in [5.74, 6) is -0.152. The first-order chi connectivity index (χ1) is 11.4. The molecule has 0 aliphatic heterocycles. The van der Waals surface area contributed by atoms with Crippen LogP contribution in [-0.2, 0) is 10.9 Å². The van der Waals surface area contributed by atoms with Crippen molar-refractivity contribution in [1.29, 1.82) is 0 Å². The Bertz CT molecular complexity index is 770. The van der Waals surface area contributed by atoms with Gasteiger partial charge in [-0.1, -0.05) is 0 Å². The monoisotopic (exact) mass is 337 g/mol. The number of esters is 1. The number of benzene rings is 1. The molecule has 1 fully saturated rings. The summed E-state index contributed by atoms with van der Waals surface area (Å²) in [6.07, 6.45) is -0.564. The van der Waals surface area contributed by atoms with Crippen molar-refractivity contribution in [3.63, 3.8) is 0 Å². The number of alkyl halides is 3. The number of hydrogen-bond donors (Lipinski definition) is 0. The minimum absolute atomic E-state index is 0.0616. The Kier molecular flexibility index (Phi) is 4.17. The summed E-state index contributed by atoms with van der Waals surface area (Å²) >= 11 is 0. The second-order valence-corrected chi connectivity index (χ2v) is 5.48. The Balaban J connectivity index is 2.07. The number of hydrogen-bond acceptors (Lipinski definition) is 4. The Hall–Kier alpha value is -2.57. The third-order valence-electron chi connectivity index (χ3n) is 3.60. The van der Waals surface area contributed by atoms with E-state index >= 15 is 0 Å². The van der Waals surface area contributed by atoms with Crippen molar-refractivity contribution >= 4 is 5.97 Å². The van der Waals surface area contributed by atoms with Crippen molar-refractivity contribution in [3.05, 3.63) is 47.8 Å². The Labute approximate surface area is 136 Å². The Morgan fingerprint density at radius 3 is 2.58 bits per heavy atom. The lowest BCUT2D eigenvalue weighted by Gasteiger charge is -2.14. The number of carbonyl (C=O) groups is 1. The summed E-state index contributed by atoms with van der Waals surface area (Å²) in [7, 11) is 1.24. The molecule has 0 atom stereocenters. The number of methoxy groups -OCH3 is 1. The minimum Gasteiger partial charge on any atom is -0.490 e. The first-order valence-electron chi connectivity index (χ1n) is 7.30. The minimum atomic E-state index is -4.50. The quantitative estimate of drug-likeness (QED) is 0.788. The number of aromatic nitrogens is 1. The number of carbonyl (C=O) groups excluding carboxylic acids is 1. The zero-order chi connectivity index (χ0) is 17.3. The lowest BCUT2D eigenvalue weighted by molar-refractivity contribution is -0.137. The highest BCUT2D eigenvalue weighted by atomic mass is 19.4. The maximum absolute atomic E-state index is 12.9. The van der Waals surface area contributed by atoms with Gasteiger partial charge in [0.2, 0.25) is 0 Å². The topological polar surface area (TPSA) is 48.4 Å². The first kappa shape index (κ1) is 16.3. The second-order valence-electron chi connectivity index (χ2n) is 5.48. The molecule has 7 heteroatoms. The Morgan fingerprint density at radius 2 is 1.96 bits per heavy atom. The highest BCUT2D eigenvalue weighted by Gasteiger charge is 2.31. The van der Waals surface area contributed by atoms with Crippen molar-refractivity contribution < 1.29 is 27.4 Å². The Morgan fingerprint density at radius 1 is 1.21 bits per heavy atom. The molecule has 2 aromatic rings. The molecule has 1 aliphatic carbocycles. The van der Waals surface area contributed by atoms with Crippen LogP contribution in [0.15, 0.2) is 36.7 Å². The molecule has 1 aromatic heterocycles. The zero-order valence-electron chi connectivity index (χ0n) is 12.8. The predicted octanol–water partition coefficient (Wildman–Crippen LogP) is 4.10. The zero-order valence-corrected chi connectivity index (χ0v) is 12.8. The van der Waals surface area contributed by atoms with Crippen LogP contribution < -0.4 is 4.74 Å². The van der Waals surface area contributed by atoms with Crippen molar-refractivity contribution in [3.8, 4) is 16.9 Å². The molecule has 0 spiro atoms. The smallest absolute Gasteiger partial charge is 0.417 e. The van der Waals surface area contributed by atoms with Gasteiger partial charge in [-0.3, -0.25) is 4.98 Å². The van der Waals surface area contributed by atoms with Crippen LogP contribution in [0.3, 0.4) is 0 Å². The van der Waals surface area contributed by atoms with Gasteiger partial charge < -0.3 is 9.47 Å². The number of halogens is 3. The van der Waals surface area contributed by atoms with E-state index in [2.05, 4.69) is 9.72 Å². The van der Waals surface area contributed by atoms with Crippen molar-refractivity contribution in [1.82, 2.24) is 4.98 Å². The van der Waals surface area contributed by atoms with E-state index in [1.807, 2.05) is 0 Å². The molecule has 1 aliphatic rings. The van der Waals surface area contributed by atoms with E-state index in [9.17, 15) is 18.0 Å². The van der Waals surface area contributed by atoms with E-state index in [0.29, 0.717) is 11.3 Å². The van der Waals surface area contributed by atoms with E-state index in [1.165, 1.54) is 25.4 Å². The van der Waals surface area contributed by atoms with Gasteiger partial charge in [0.1, 0.15) is 5.75 Å². The fraction of sp³-hybridized carbons (Fsp3) is 0.294. The molecule has 3 rings (SSSR count). The molecule has 0 bridgehead atoms. The van der Waals surface area contributed by atoms with E-state index in [0.717, 1.165) is 25.1 Å². The number of pyridine rings is 1. The summed E-state index contributed by atoms with van der Waals surface area (Å²) in [6.45, 7) is 0. The molecule has 0 saturated heterocycles. The maximum atomic E-state index is 12.9. The van der Waals surface area contributed by atoms with Crippen LogP contribution in [-0.4, -0.2) is 24.2 Å². The molecule has 1 heterocycles. The largest absolute Gasteiger partial charge is 0.490 e. The van der Waals surface area contributed by atoms with Gasteiger partial charge in [0.25, 0.3) is 0 Å². The first-order valence-corrected chi connectivity index (χ1v) is 7.30. The molecular weight excluding hydrogens is 323 g/mol. The standard InChI is InChI=1S/C17H14F3NO3/c1-23-16(22)10-2-5-15(24-13-3-4-13)14(7-10)11-6-12(9-21-8-11)17(18,19)20/h2,5-9,13H,3-4H2,1H3. The highest BCUT2D eigenvalue weighted by molar-refractivity contribution is 5.92. The van der Waals surface area contributed by atoms with Gasteiger partial charge >= 0.3 is 12.1 Å². The van der Waals surface area contributed by atoms with Gasteiger partial charge in [-0.15, -0.1) is 0 Å². The van der Waals surface area contributed by atoms with Crippen molar-refractivity contribution in [2.24, 2.45) is 0 Å². The molecule has 126 valence electrons. The fourth-order valence-corrected chi connectivity index (χ4v) is 2.21. The molecule has 0 amide bonds. The summed E-state index contributed by atoms with van der Waals surface area (Å²) in [5.41, 5.74) is -0.0245. The summed E-state index contributed by atoms with van der Waals surface area (Å²) in [5, 5.41) is 0. The van der Waals surface area contributed by atoms with Crippen molar-refractivity contribution in [2.75, 3.05) is 7.11 Å². The van der Waals surface area contributed by atoms with Crippen LogP contribution >= 0.6 is 0 Å². The highest BCUT2D eigenvalue weighted by Crippen LogP contribution is 2.37. The third kappa shape index (κ3) is 3.50. The van der Waals surface area contributed by atoms with Gasteiger partial charge in [-0.05, 0) is 37.1 Å². The van der Waals surface area contributed by atoms with Gasteiger partial charge in [-0.25, -0.2) is 4.79 Å². The van der Waals surface area contributed by atoms with E-state index in [1.54, 1.807) is 6.07 Å². The number of rotatable bonds is 4. The van der Waals surface area contributed by atoms with Crippen LogP contribution in [0.5, 0.6) is 5.75 Å². The molecule has 1 aromatic carbocycles. The lowest BCUT2D eigenvalue weighted by Crippen LogP contribution is -2.06. The van der Waals surface area contributed by atoms with E-state index in [4.69, 9.17) is 4.74 Å². The molecule has 0 radical (unpaired) electrons. The average molecular weight is 337 g/mol. The third-order valence-corrected chi connectivity index (χ3v) is 3.60. The maximum Gasteiger partial charge on any atom is 0.417 e. The van der Waals surface area contributed by atoms with Gasteiger partial charge in [0, 0.05) is 23.5 Å². The van der Waals surface area contributed by atoms with Crippen LogP contribution in [0.2, 0.25) is 0 Å². The van der Waals surface area contributed by atoms with Crippen LogP contribution in [0, 0.1) is 0 Å². The molecule has 1 saturated carbocycles. The fourth-order valence-electron chi connectivity index (χ4n) is 2.21. The van der Waals surface area contributed by atoms with Gasteiger partial charge in [0.15, 0.2) is 0 Å². The molecular formula is C17H14F3NO3. The second kappa shape index (κ2) is 6.14. The number of ether oxygens (including phenoxy) is 2. The summed E-state index contributed by atoms with van der Waals surface area (Å²) < 4.78 is 49.2. The van der Waals surface area contributed by atoms with E-state index in [-0.39, 0.29) is 17.2 Å². The average Bonchev–Trinajstić information content (AvgIpc) is 3.38. The van der Waals surface area contributed by atoms with Crippen molar-refractivity contribution in [2.45, 2.75) is 25.1 Å². The summed E-state index contributed by atoms with van der Waals surface area (Å²) in [4.78, 5) is 15.4. The van der Waals surface area contributed by atoms with Crippen LogP contribution in [0.1, 0.15) is 28.8 Å². The molecule has 0 N–H and O–H groups in total. The predicted molar refractivity (Wildman–Crippen MR) is 79.7 cm³/mol. The summed E-state index contributed by atoms with van der Waals surface area (Å²) in [6, 6.07) is 5.54. The normalized spacial score (nSPS) is 14.3. The molecule has 4 nitrogen and oxygen atoms in total. The SMILES string of the molecule is COC(=O)c1ccc(OC2CC2)c(-c2cncc(C(F)(F)F)c2)c1. The van der Waals surface area contributed by atoms with Crippen LogP contribution in [0.4, 0.5) is 13.2 Å². The van der Waals surface area contributed by atoms with Gasteiger partial charge in [0.05, 0.1) is 24.3 Å². The molecule has 0 unspecified atom stereocenters. The molecule has 24 heavy (non-hydrogen) atoms. The van der Waals surface area contributed by atoms with E-state index < -0.39 is 17.7 Å². The number of nitrogens with zero attached hydrogens (tertiary/aromatic N) is 1. The lowest BCUT2D eigenvalue weighted by atomic mass is 10.0. The van der Waals surface area contributed by atoms with Gasteiger partial charge in [-0.2, -0.15) is 13.2 Å².